The Balaban J connectivity index is 1.46. The molecule has 0 saturated heterocycles. The van der Waals surface area contributed by atoms with Crippen LogP contribution >= 0.6 is 0 Å². The standard InChI is InChI=1S/C24H36N2O4/c1-22-10-11-25-19(28)12-14(22)6-7-16-17-8-9-24(30,21(29)26-15-4-3-5-15)23(17,2)13-18(27)20(16)22/h12,15-18,20,27,30H,3-11,13H2,1-2H3,(H,25,28)(H,26,29)/t16?,17?,18-,20?,22-,23-,24-/m0/s1. The van der Waals surface area contributed by atoms with Gasteiger partial charge in [0.2, 0.25) is 5.91 Å². The van der Waals surface area contributed by atoms with Gasteiger partial charge in [-0.25, -0.2) is 0 Å². The fourth-order valence-corrected chi connectivity index (χ4v) is 7.93. The van der Waals surface area contributed by atoms with Gasteiger partial charge in [0.1, 0.15) is 5.60 Å². The summed E-state index contributed by atoms with van der Waals surface area (Å²) in [5, 5.41) is 29.2. The first-order valence-electron chi connectivity index (χ1n) is 11.9. The zero-order chi connectivity index (χ0) is 21.3. The van der Waals surface area contributed by atoms with Gasteiger partial charge in [-0.2, -0.15) is 0 Å². The van der Waals surface area contributed by atoms with Crippen LogP contribution in [0.25, 0.3) is 0 Å². The molecule has 3 unspecified atom stereocenters. The van der Waals surface area contributed by atoms with E-state index in [1.165, 1.54) is 0 Å². The average molecular weight is 417 g/mol. The molecule has 1 heterocycles. The zero-order valence-corrected chi connectivity index (χ0v) is 18.2. The maximum absolute atomic E-state index is 13.2. The third-order valence-electron chi connectivity index (χ3n) is 9.89. The molecule has 6 heteroatoms. The smallest absolute Gasteiger partial charge is 0.252 e. The number of nitrogens with one attached hydrogen (secondary N) is 2. The number of carbonyl (C=O) groups is 2. The van der Waals surface area contributed by atoms with Crippen molar-refractivity contribution in [3.05, 3.63) is 11.6 Å². The van der Waals surface area contributed by atoms with Crippen molar-refractivity contribution in [2.45, 2.75) is 89.4 Å². The largest absolute Gasteiger partial charge is 0.393 e. The molecule has 1 aliphatic heterocycles. The topological polar surface area (TPSA) is 98.7 Å². The van der Waals surface area contributed by atoms with Crippen LogP contribution in [0.3, 0.4) is 0 Å². The summed E-state index contributed by atoms with van der Waals surface area (Å²) in [6.45, 7) is 4.88. The number of hydrogen-bond donors (Lipinski definition) is 4. The van der Waals surface area contributed by atoms with Crippen molar-refractivity contribution in [3.8, 4) is 0 Å². The van der Waals surface area contributed by atoms with E-state index in [2.05, 4.69) is 17.6 Å². The minimum Gasteiger partial charge on any atom is -0.393 e. The summed E-state index contributed by atoms with van der Waals surface area (Å²) in [7, 11) is 0. The second-order valence-electron chi connectivity index (χ2n) is 11.2. The van der Waals surface area contributed by atoms with Crippen LogP contribution in [-0.2, 0) is 9.59 Å². The van der Waals surface area contributed by atoms with Crippen molar-refractivity contribution in [3.63, 3.8) is 0 Å². The van der Waals surface area contributed by atoms with Gasteiger partial charge < -0.3 is 20.8 Å². The van der Waals surface area contributed by atoms with E-state index in [0.29, 0.717) is 19.4 Å². The van der Waals surface area contributed by atoms with E-state index < -0.39 is 17.1 Å². The lowest BCUT2D eigenvalue weighted by atomic mass is 9.46. The minimum absolute atomic E-state index is 0.0229. The quantitative estimate of drug-likeness (QED) is 0.554. The van der Waals surface area contributed by atoms with E-state index in [9.17, 15) is 19.8 Å². The fourth-order valence-electron chi connectivity index (χ4n) is 7.93. The molecular formula is C24H36N2O4. The normalized spacial score (nSPS) is 48.3. The molecule has 5 aliphatic rings. The van der Waals surface area contributed by atoms with E-state index >= 15 is 0 Å². The Morgan fingerprint density at radius 2 is 1.97 bits per heavy atom. The molecule has 4 N–H and O–H groups in total. The molecule has 4 aliphatic carbocycles. The first-order chi connectivity index (χ1) is 14.2. The Hall–Kier alpha value is -1.40. The van der Waals surface area contributed by atoms with Gasteiger partial charge in [0.25, 0.3) is 5.91 Å². The molecular weight excluding hydrogens is 380 g/mol. The van der Waals surface area contributed by atoms with Gasteiger partial charge >= 0.3 is 0 Å². The predicted octanol–water partition coefficient (Wildman–Crippen LogP) is 2.05. The minimum atomic E-state index is -1.41. The number of aliphatic hydroxyl groups is 2. The molecule has 0 aromatic heterocycles. The Labute approximate surface area is 178 Å². The maximum atomic E-state index is 13.2. The highest BCUT2D eigenvalue weighted by Crippen LogP contribution is 2.67. The number of allylic oxidation sites excluding steroid dienone is 1. The summed E-state index contributed by atoms with van der Waals surface area (Å²) in [6.07, 6.45) is 8.65. The van der Waals surface area contributed by atoms with Crippen LogP contribution in [0.5, 0.6) is 0 Å². The van der Waals surface area contributed by atoms with Crippen LogP contribution in [0.4, 0.5) is 0 Å². The van der Waals surface area contributed by atoms with Crippen LogP contribution in [0, 0.1) is 28.6 Å². The van der Waals surface area contributed by atoms with E-state index in [1.807, 2.05) is 6.92 Å². The third-order valence-corrected chi connectivity index (χ3v) is 9.89. The van der Waals surface area contributed by atoms with Crippen LogP contribution in [0.2, 0.25) is 0 Å². The molecule has 6 nitrogen and oxygen atoms in total. The first-order valence-corrected chi connectivity index (χ1v) is 11.9. The van der Waals surface area contributed by atoms with Gasteiger partial charge in [-0.3, -0.25) is 9.59 Å². The van der Waals surface area contributed by atoms with Crippen LogP contribution in [0.15, 0.2) is 11.6 Å². The SMILES string of the molecule is C[C@]12CCNC(=O)C=C1CCC1C2[C@@H](O)C[C@@]2(C)C1CC[C@]2(O)C(=O)NC1CCC1. The molecule has 4 fully saturated rings. The second-order valence-corrected chi connectivity index (χ2v) is 11.2. The van der Waals surface area contributed by atoms with E-state index in [-0.39, 0.29) is 41.0 Å². The summed E-state index contributed by atoms with van der Waals surface area (Å²) in [5.74, 6) is 0.299. The second kappa shape index (κ2) is 6.80. The Kier molecular flexibility index (Phi) is 4.64. The van der Waals surface area contributed by atoms with Crippen molar-refractivity contribution in [1.29, 1.82) is 0 Å². The van der Waals surface area contributed by atoms with Gasteiger partial charge in [-0.15, -0.1) is 0 Å². The highest BCUT2D eigenvalue weighted by atomic mass is 16.3. The highest BCUT2D eigenvalue weighted by Gasteiger charge is 2.68. The van der Waals surface area contributed by atoms with Gasteiger partial charge in [-0.1, -0.05) is 19.4 Å². The lowest BCUT2D eigenvalue weighted by Gasteiger charge is -2.59. The van der Waals surface area contributed by atoms with E-state index in [0.717, 1.165) is 50.5 Å². The summed E-state index contributed by atoms with van der Waals surface area (Å²) in [6, 6.07) is 0.197. The number of hydrogen-bond acceptors (Lipinski definition) is 4. The number of carbonyl (C=O) groups excluding carboxylic acids is 2. The maximum Gasteiger partial charge on any atom is 0.252 e. The van der Waals surface area contributed by atoms with Gasteiger partial charge in [0.05, 0.1) is 6.10 Å². The summed E-state index contributed by atoms with van der Waals surface area (Å²) < 4.78 is 0. The fraction of sp³-hybridized carbons (Fsp3) is 0.833. The molecule has 5 rings (SSSR count). The molecule has 0 spiro atoms. The molecule has 166 valence electrons. The van der Waals surface area contributed by atoms with E-state index in [4.69, 9.17) is 0 Å². The lowest BCUT2D eigenvalue weighted by molar-refractivity contribution is -0.182. The van der Waals surface area contributed by atoms with Crippen LogP contribution in [-0.4, -0.2) is 46.3 Å². The Bertz CT molecular complexity index is 792. The van der Waals surface area contributed by atoms with Crippen molar-refractivity contribution < 1.29 is 19.8 Å². The first kappa shape index (κ1) is 20.5. The monoisotopic (exact) mass is 416 g/mol. The lowest BCUT2D eigenvalue weighted by Crippen LogP contribution is -2.64. The molecule has 0 aromatic rings. The number of aliphatic hydroxyl groups excluding tert-OH is 1. The average Bonchev–Trinajstić information content (AvgIpc) is 2.81. The Morgan fingerprint density at radius 3 is 2.67 bits per heavy atom. The predicted molar refractivity (Wildman–Crippen MR) is 112 cm³/mol. The highest BCUT2D eigenvalue weighted by molar-refractivity contribution is 5.89. The molecule has 0 radical (unpaired) electrons. The Morgan fingerprint density at radius 1 is 1.20 bits per heavy atom. The third kappa shape index (κ3) is 2.68. The van der Waals surface area contributed by atoms with E-state index in [1.54, 1.807) is 6.08 Å². The van der Waals surface area contributed by atoms with Crippen LogP contribution < -0.4 is 10.6 Å². The summed E-state index contributed by atoms with van der Waals surface area (Å²) in [4.78, 5) is 25.3. The number of rotatable bonds is 2. The van der Waals surface area contributed by atoms with Gasteiger partial charge in [-0.05, 0) is 81.0 Å². The molecule has 2 amide bonds. The molecule has 4 saturated carbocycles. The van der Waals surface area contributed by atoms with Crippen molar-refractivity contribution in [2.24, 2.45) is 28.6 Å². The van der Waals surface area contributed by atoms with Crippen molar-refractivity contribution in [1.82, 2.24) is 10.6 Å². The zero-order valence-electron chi connectivity index (χ0n) is 18.2. The molecule has 7 atom stereocenters. The molecule has 0 aromatic carbocycles. The van der Waals surface area contributed by atoms with Gasteiger partial charge in [0.15, 0.2) is 0 Å². The van der Waals surface area contributed by atoms with Crippen molar-refractivity contribution >= 4 is 11.8 Å². The number of fused-ring (bicyclic) bond motifs is 5. The van der Waals surface area contributed by atoms with Crippen molar-refractivity contribution in [2.75, 3.05) is 6.54 Å². The summed E-state index contributed by atoms with van der Waals surface area (Å²) >= 11 is 0. The van der Waals surface area contributed by atoms with Gasteiger partial charge in [0, 0.05) is 24.1 Å². The molecule has 0 bridgehead atoms. The van der Waals surface area contributed by atoms with Crippen LogP contribution in [0.1, 0.15) is 71.6 Å². The molecule has 30 heavy (non-hydrogen) atoms. The summed E-state index contributed by atoms with van der Waals surface area (Å²) in [5.41, 5.74) is -1.07. The number of amides is 2.